The standard InChI is InChI=1S/C15H20BrNO3/c16-13-3-1-2-12(10-13)11-15(19)17-6-4-14(5-7-17)20-9-8-18/h1-3,10,14,18H,4-9,11H2. The van der Waals surface area contributed by atoms with E-state index < -0.39 is 0 Å². The molecule has 1 aromatic rings. The summed E-state index contributed by atoms with van der Waals surface area (Å²) in [6, 6.07) is 7.86. The van der Waals surface area contributed by atoms with Gasteiger partial charge in [0, 0.05) is 17.6 Å². The third-order valence-electron chi connectivity index (χ3n) is 3.48. The van der Waals surface area contributed by atoms with Gasteiger partial charge in [0.25, 0.3) is 0 Å². The molecular formula is C15H20BrNO3. The molecule has 1 saturated heterocycles. The Morgan fingerprint density at radius 2 is 2.15 bits per heavy atom. The molecule has 1 N–H and O–H groups in total. The second-order valence-corrected chi connectivity index (χ2v) is 5.90. The highest BCUT2D eigenvalue weighted by molar-refractivity contribution is 9.10. The van der Waals surface area contributed by atoms with Gasteiger partial charge in [-0.25, -0.2) is 0 Å². The van der Waals surface area contributed by atoms with Crippen LogP contribution in [0, 0.1) is 0 Å². The SMILES string of the molecule is O=C(Cc1cccc(Br)c1)N1CCC(OCCO)CC1. The molecule has 0 aromatic heterocycles. The number of nitrogens with zero attached hydrogens (tertiary/aromatic N) is 1. The van der Waals surface area contributed by atoms with E-state index in [1.54, 1.807) is 0 Å². The lowest BCUT2D eigenvalue weighted by Crippen LogP contribution is -2.41. The van der Waals surface area contributed by atoms with Gasteiger partial charge in [0.05, 0.1) is 25.7 Å². The Kier molecular flexibility index (Phi) is 6.01. The minimum Gasteiger partial charge on any atom is -0.394 e. The number of rotatable bonds is 5. The van der Waals surface area contributed by atoms with Crippen LogP contribution in [0.5, 0.6) is 0 Å². The Balaban J connectivity index is 1.80. The van der Waals surface area contributed by atoms with Crippen LogP contribution in [-0.4, -0.2) is 48.3 Å². The van der Waals surface area contributed by atoms with Crippen LogP contribution >= 0.6 is 15.9 Å². The predicted octanol–water partition coefficient (Wildman–Crippen LogP) is 1.99. The van der Waals surface area contributed by atoms with Gasteiger partial charge in [0.2, 0.25) is 5.91 Å². The summed E-state index contributed by atoms with van der Waals surface area (Å²) in [5.74, 6) is 0.170. The van der Waals surface area contributed by atoms with Crippen LogP contribution in [0.3, 0.4) is 0 Å². The molecule has 0 bridgehead atoms. The van der Waals surface area contributed by atoms with Crippen LogP contribution in [0.4, 0.5) is 0 Å². The molecule has 2 rings (SSSR count). The van der Waals surface area contributed by atoms with Gasteiger partial charge in [-0.1, -0.05) is 28.1 Å². The topological polar surface area (TPSA) is 49.8 Å². The van der Waals surface area contributed by atoms with Gasteiger partial charge >= 0.3 is 0 Å². The summed E-state index contributed by atoms with van der Waals surface area (Å²) >= 11 is 3.42. The van der Waals surface area contributed by atoms with Crippen molar-refractivity contribution < 1.29 is 14.6 Å². The highest BCUT2D eigenvalue weighted by Crippen LogP contribution is 2.16. The van der Waals surface area contributed by atoms with Crippen molar-refractivity contribution in [3.63, 3.8) is 0 Å². The first-order chi connectivity index (χ1) is 9.69. The molecule has 20 heavy (non-hydrogen) atoms. The van der Waals surface area contributed by atoms with Gasteiger partial charge in [-0.15, -0.1) is 0 Å². The molecule has 0 unspecified atom stereocenters. The molecule has 0 atom stereocenters. The highest BCUT2D eigenvalue weighted by Gasteiger charge is 2.23. The normalized spacial score (nSPS) is 16.4. The highest BCUT2D eigenvalue weighted by atomic mass is 79.9. The van der Waals surface area contributed by atoms with E-state index in [9.17, 15) is 4.79 Å². The number of carbonyl (C=O) groups is 1. The monoisotopic (exact) mass is 341 g/mol. The van der Waals surface area contributed by atoms with E-state index in [0.717, 1.165) is 36.0 Å². The summed E-state index contributed by atoms with van der Waals surface area (Å²) in [5.41, 5.74) is 1.03. The number of aliphatic hydroxyl groups excluding tert-OH is 1. The average Bonchev–Trinajstić information content (AvgIpc) is 2.45. The number of aliphatic hydroxyl groups is 1. The second kappa shape index (κ2) is 7.76. The Hall–Kier alpha value is -0.910. The van der Waals surface area contributed by atoms with Crippen LogP contribution in [-0.2, 0) is 16.0 Å². The molecular weight excluding hydrogens is 322 g/mol. The van der Waals surface area contributed by atoms with E-state index in [-0.39, 0.29) is 18.6 Å². The quantitative estimate of drug-likeness (QED) is 0.890. The molecule has 4 nitrogen and oxygen atoms in total. The lowest BCUT2D eigenvalue weighted by atomic mass is 10.1. The number of amides is 1. The number of likely N-dealkylation sites (tertiary alicyclic amines) is 1. The fourth-order valence-corrected chi connectivity index (χ4v) is 2.87. The maximum absolute atomic E-state index is 12.2. The number of carbonyl (C=O) groups excluding carboxylic acids is 1. The van der Waals surface area contributed by atoms with E-state index in [1.807, 2.05) is 29.2 Å². The van der Waals surface area contributed by atoms with Crippen LogP contribution < -0.4 is 0 Å². The zero-order valence-corrected chi connectivity index (χ0v) is 13.0. The number of hydrogen-bond acceptors (Lipinski definition) is 3. The molecule has 0 radical (unpaired) electrons. The molecule has 1 aliphatic rings. The van der Waals surface area contributed by atoms with Crippen LogP contribution in [0.25, 0.3) is 0 Å². The van der Waals surface area contributed by atoms with Crippen molar-refractivity contribution in [1.82, 2.24) is 4.90 Å². The molecule has 1 amide bonds. The summed E-state index contributed by atoms with van der Waals surface area (Å²) in [7, 11) is 0. The minimum atomic E-state index is 0.0576. The van der Waals surface area contributed by atoms with Gasteiger partial charge in [0.15, 0.2) is 0 Å². The van der Waals surface area contributed by atoms with Crippen molar-refractivity contribution >= 4 is 21.8 Å². The predicted molar refractivity (Wildman–Crippen MR) is 80.5 cm³/mol. The number of halogens is 1. The zero-order valence-electron chi connectivity index (χ0n) is 11.4. The second-order valence-electron chi connectivity index (χ2n) is 4.98. The molecule has 1 aromatic carbocycles. The maximum Gasteiger partial charge on any atom is 0.226 e. The molecule has 110 valence electrons. The Bertz CT molecular complexity index is 444. The van der Waals surface area contributed by atoms with Crippen molar-refractivity contribution in [2.24, 2.45) is 0 Å². The third kappa shape index (κ3) is 4.58. The smallest absolute Gasteiger partial charge is 0.226 e. The summed E-state index contributed by atoms with van der Waals surface area (Å²) in [6.07, 6.45) is 2.33. The summed E-state index contributed by atoms with van der Waals surface area (Å²) in [5, 5.41) is 8.73. The first-order valence-electron chi connectivity index (χ1n) is 6.93. The summed E-state index contributed by atoms with van der Waals surface area (Å²) < 4.78 is 6.50. The van der Waals surface area contributed by atoms with Gasteiger partial charge in [-0.05, 0) is 30.5 Å². The summed E-state index contributed by atoms with van der Waals surface area (Å²) in [6.45, 7) is 1.92. The van der Waals surface area contributed by atoms with Crippen molar-refractivity contribution in [2.45, 2.75) is 25.4 Å². The van der Waals surface area contributed by atoms with E-state index in [4.69, 9.17) is 9.84 Å². The van der Waals surface area contributed by atoms with Gasteiger partial charge in [-0.2, -0.15) is 0 Å². The zero-order chi connectivity index (χ0) is 14.4. The van der Waals surface area contributed by atoms with E-state index in [0.29, 0.717) is 13.0 Å². The number of piperidine rings is 1. The lowest BCUT2D eigenvalue weighted by molar-refractivity contribution is -0.133. The van der Waals surface area contributed by atoms with Crippen LogP contribution in [0.2, 0.25) is 0 Å². The Labute approximate surface area is 127 Å². The minimum absolute atomic E-state index is 0.0576. The molecule has 0 aliphatic carbocycles. The summed E-state index contributed by atoms with van der Waals surface area (Å²) in [4.78, 5) is 14.1. The molecule has 0 spiro atoms. The largest absolute Gasteiger partial charge is 0.394 e. The Morgan fingerprint density at radius 3 is 2.80 bits per heavy atom. The van der Waals surface area contributed by atoms with Crippen LogP contribution in [0.15, 0.2) is 28.7 Å². The van der Waals surface area contributed by atoms with Crippen molar-refractivity contribution in [1.29, 1.82) is 0 Å². The van der Waals surface area contributed by atoms with Crippen LogP contribution in [0.1, 0.15) is 18.4 Å². The molecule has 5 heteroatoms. The number of benzene rings is 1. The van der Waals surface area contributed by atoms with Crippen molar-refractivity contribution in [3.8, 4) is 0 Å². The molecule has 1 heterocycles. The average molecular weight is 342 g/mol. The van der Waals surface area contributed by atoms with Crippen molar-refractivity contribution in [3.05, 3.63) is 34.3 Å². The fourth-order valence-electron chi connectivity index (χ4n) is 2.42. The molecule has 1 fully saturated rings. The maximum atomic E-state index is 12.2. The molecule has 1 aliphatic heterocycles. The van der Waals surface area contributed by atoms with Gasteiger partial charge in [-0.3, -0.25) is 4.79 Å². The lowest BCUT2D eigenvalue weighted by Gasteiger charge is -2.32. The Morgan fingerprint density at radius 1 is 1.40 bits per heavy atom. The number of ether oxygens (including phenoxy) is 1. The van der Waals surface area contributed by atoms with Crippen molar-refractivity contribution in [2.75, 3.05) is 26.3 Å². The van der Waals surface area contributed by atoms with Gasteiger partial charge < -0.3 is 14.7 Å². The van der Waals surface area contributed by atoms with Gasteiger partial charge in [0.1, 0.15) is 0 Å². The molecule has 0 saturated carbocycles. The third-order valence-corrected chi connectivity index (χ3v) is 3.98. The van der Waals surface area contributed by atoms with E-state index in [2.05, 4.69) is 15.9 Å². The number of hydrogen-bond donors (Lipinski definition) is 1. The fraction of sp³-hybridized carbons (Fsp3) is 0.533. The first kappa shape index (κ1) is 15.5. The van der Waals surface area contributed by atoms with E-state index >= 15 is 0 Å². The first-order valence-corrected chi connectivity index (χ1v) is 7.73. The van der Waals surface area contributed by atoms with E-state index in [1.165, 1.54) is 0 Å².